The van der Waals surface area contributed by atoms with E-state index >= 15 is 0 Å². The van der Waals surface area contributed by atoms with Gasteiger partial charge in [-0.05, 0) is 30.0 Å². The molecule has 88 valence electrons. The van der Waals surface area contributed by atoms with Gasteiger partial charge in [-0.1, -0.05) is 19.1 Å². The highest BCUT2D eigenvalue weighted by molar-refractivity contribution is 5.73. The monoisotopic (exact) mass is 223 g/mol. The first-order chi connectivity index (χ1) is 7.54. The molecule has 1 rings (SSSR count). The van der Waals surface area contributed by atoms with Crippen molar-refractivity contribution in [3.8, 4) is 5.75 Å². The van der Waals surface area contributed by atoms with Crippen molar-refractivity contribution in [3.63, 3.8) is 0 Å². The van der Waals surface area contributed by atoms with Crippen LogP contribution < -0.4 is 10.5 Å². The van der Waals surface area contributed by atoms with Gasteiger partial charge >= 0.3 is 5.97 Å². The lowest BCUT2D eigenvalue weighted by atomic mass is 9.94. The van der Waals surface area contributed by atoms with Crippen molar-refractivity contribution in [1.82, 2.24) is 0 Å². The Labute approximate surface area is 95.0 Å². The molecule has 0 aliphatic heterocycles. The molecule has 0 fully saturated rings. The van der Waals surface area contributed by atoms with Crippen molar-refractivity contribution in [2.45, 2.75) is 19.4 Å². The van der Waals surface area contributed by atoms with Crippen LogP contribution in [0.25, 0.3) is 0 Å². The summed E-state index contributed by atoms with van der Waals surface area (Å²) in [4.78, 5) is 10.7. The molecule has 0 heterocycles. The molecule has 4 nitrogen and oxygen atoms in total. The molecule has 2 atom stereocenters. The molecule has 0 aliphatic rings. The Morgan fingerprint density at radius 3 is 2.44 bits per heavy atom. The van der Waals surface area contributed by atoms with Gasteiger partial charge in [0.05, 0.1) is 7.11 Å². The number of aliphatic carboxylic acids is 1. The summed E-state index contributed by atoms with van der Waals surface area (Å²) < 4.78 is 5.04. The summed E-state index contributed by atoms with van der Waals surface area (Å²) in [5.41, 5.74) is 6.60. The van der Waals surface area contributed by atoms with Crippen LogP contribution in [-0.4, -0.2) is 24.2 Å². The summed E-state index contributed by atoms with van der Waals surface area (Å²) in [7, 11) is 1.61. The highest BCUT2D eigenvalue weighted by Gasteiger charge is 2.19. The number of hydrogen-bond acceptors (Lipinski definition) is 3. The van der Waals surface area contributed by atoms with Crippen LogP contribution in [0.2, 0.25) is 0 Å². The van der Waals surface area contributed by atoms with Gasteiger partial charge in [-0.15, -0.1) is 0 Å². The molecule has 0 saturated heterocycles. The van der Waals surface area contributed by atoms with Crippen molar-refractivity contribution in [1.29, 1.82) is 0 Å². The average Bonchev–Trinajstić information content (AvgIpc) is 2.28. The zero-order valence-corrected chi connectivity index (χ0v) is 9.51. The average molecular weight is 223 g/mol. The molecule has 0 saturated carbocycles. The predicted octanol–water partition coefficient (Wildman–Crippen LogP) is 1.29. The Kier molecular flexibility index (Phi) is 4.31. The molecule has 0 amide bonds. The minimum absolute atomic E-state index is 0.0918. The van der Waals surface area contributed by atoms with E-state index < -0.39 is 12.0 Å². The van der Waals surface area contributed by atoms with Gasteiger partial charge in [0, 0.05) is 0 Å². The second kappa shape index (κ2) is 5.51. The van der Waals surface area contributed by atoms with E-state index in [1.54, 1.807) is 7.11 Å². The van der Waals surface area contributed by atoms with E-state index in [-0.39, 0.29) is 5.92 Å². The molecule has 1 aromatic carbocycles. The minimum Gasteiger partial charge on any atom is -0.497 e. The molecule has 0 radical (unpaired) electrons. The van der Waals surface area contributed by atoms with E-state index in [1.807, 2.05) is 31.2 Å². The zero-order valence-electron chi connectivity index (χ0n) is 9.51. The summed E-state index contributed by atoms with van der Waals surface area (Å²) in [5, 5.41) is 8.77. The van der Waals surface area contributed by atoms with Crippen LogP contribution in [0.3, 0.4) is 0 Å². The number of nitrogens with two attached hydrogens (primary N) is 1. The van der Waals surface area contributed by atoms with Crippen LogP contribution in [-0.2, 0) is 11.2 Å². The summed E-state index contributed by atoms with van der Waals surface area (Å²) >= 11 is 0. The summed E-state index contributed by atoms with van der Waals surface area (Å²) in [6.07, 6.45) is 0.650. The fourth-order valence-electron chi connectivity index (χ4n) is 1.50. The van der Waals surface area contributed by atoms with E-state index in [9.17, 15) is 4.79 Å². The lowest BCUT2D eigenvalue weighted by molar-refractivity contribution is -0.139. The Balaban J connectivity index is 2.62. The predicted molar refractivity (Wildman–Crippen MR) is 61.5 cm³/mol. The molecule has 0 spiro atoms. The Morgan fingerprint density at radius 2 is 2.00 bits per heavy atom. The van der Waals surface area contributed by atoms with Crippen LogP contribution in [0.4, 0.5) is 0 Å². The third kappa shape index (κ3) is 3.24. The number of benzene rings is 1. The molecule has 0 aromatic heterocycles. The molecule has 1 aromatic rings. The zero-order chi connectivity index (χ0) is 12.1. The van der Waals surface area contributed by atoms with E-state index in [2.05, 4.69) is 0 Å². The van der Waals surface area contributed by atoms with Crippen molar-refractivity contribution < 1.29 is 14.6 Å². The van der Waals surface area contributed by atoms with Gasteiger partial charge in [-0.25, -0.2) is 0 Å². The fraction of sp³-hybridized carbons (Fsp3) is 0.417. The summed E-state index contributed by atoms with van der Waals surface area (Å²) in [6.45, 7) is 1.84. The second-order valence-electron chi connectivity index (χ2n) is 3.89. The van der Waals surface area contributed by atoms with Gasteiger partial charge in [-0.2, -0.15) is 0 Å². The standard InChI is InChI=1S/C12H17NO3/c1-8(11(13)12(14)15)7-9-3-5-10(16-2)6-4-9/h3-6,8,11H,7,13H2,1-2H3,(H,14,15)/t8-,11-/m0/s1. The van der Waals surface area contributed by atoms with Gasteiger partial charge in [-0.3, -0.25) is 4.79 Å². The number of ether oxygens (including phenoxy) is 1. The van der Waals surface area contributed by atoms with Gasteiger partial charge < -0.3 is 15.6 Å². The Hall–Kier alpha value is -1.55. The third-order valence-corrected chi connectivity index (χ3v) is 2.61. The van der Waals surface area contributed by atoms with Crippen LogP contribution in [0, 0.1) is 5.92 Å². The summed E-state index contributed by atoms with van der Waals surface area (Å²) in [5.74, 6) is -0.258. The van der Waals surface area contributed by atoms with Crippen LogP contribution >= 0.6 is 0 Å². The molecule has 0 unspecified atom stereocenters. The third-order valence-electron chi connectivity index (χ3n) is 2.61. The van der Waals surface area contributed by atoms with E-state index in [0.717, 1.165) is 11.3 Å². The number of methoxy groups -OCH3 is 1. The fourth-order valence-corrected chi connectivity index (χ4v) is 1.50. The molecule has 3 N–H and O–H groups in total. The molecular formula is C12H17NO3. The molecule has 16 heavy (non-hydrogen) atoms. The Morgan fingerprint density at radius 1 is 1.44 bits per heavy atom. The highest BCUT2D eigenvalue weighted by atomic mass is 16.5. The smallest absolute Gasteiger partial charge is 0.320 e. The maximum atomic E-state index is 10.7. The quantitative estimate of drug-likeness (QED) is 0.788. The molecule has 4 heteroatoms. The van der Waals surface area contributed by atoms with Crippen molar-refractivity contribution in [2.75, 3.05) is 7.11 Å². The van der Waals surface area contributed by atoms with Gasteiger partial charge in [0.15, 0.2) is 0 Å². The maximum Gasteiger partial charge on any atom is 0.320 e. The SMILES string of the molecule is COc1ccc(C[C@H](C)[C@H](N)C(=O)O)cc1. The van der Waals surface area contributed by atoms with Gasteiger partial charge in [0.2, 0.25) is 0 Å². The van der Waals surface area contributed by atoms with Crippen LogP contribution in [0.1, 0.15) is 12.5 Å². The van der Waals surface area contributed by atoms with Crippen molar-refractivity contribution >= 4 is 5.97 Å². The van der Waals surface area contributed by atoms with E-state index in [1.165, 1.54) is 0 Å². The number of rotatable bonds is 5. The normalized spacial score (nSPS) is 14.2. The first-order valence-corrected chi connectivity index (χ1v) is 5.16. The minimum atomic E-state index is -0.957. The highest BCUT2D eigenvalue weighted by Crippen LogP contribution is 2.15. The van der Waals surface area contributed by atoms with Crippen LogP contribution in [0.5, 0.6) is 5.75 Å². The summed E-state index contributed by atoms with van der Waals surface area (Å²) in [6, 6.07) is 6.73. The van der Waals surface area contributed by atoms with Crippen LogP contribution in [0.15, 0.2) is 24.3 Å². The van der Waals surface area contributed by atoms with Crippen molar-refractivity contribution in [3.05, 3.63) is 29.8 Å². The number of carbonyl (C=O) groups is 1. The largest absolute Gasteiger partial charge is 0.497 e. The lowest BCUT2D eigenvalue weighted by Crippen LogP contribution is -2.37. The first-order valence-electron chi connectivity index (χ1n) is 5.16. The van der Waals surface area contributed by atoms with Crippen molar-refractivity contribution in [2.24, 2.45) is 11.7 Å². The number of carboxylic acids is 1. The molecule has 0 aliphatic carbocycles. The lowest BCUT2D eigenvalue weighted by Gasteiger charge is -2.15. The molecular weight excluding hydrogens is 206 g/mol. The number of carboxylic acid groups (broad SMARTS) is 1. The topological polar surface area (TPSA) is 72.5 Å². The Bertz CT molecular complexity index is 348. The first kappa shape index (κ1) is 12.5. The van der Waals surface area contributed by atoms with Gasteiger partial charge in [0.1, 0.15) is 11.8 Å². The maximum absolute atomic E-state index is 10.7. The van der Waals surface area contributed by atoms with E-state index in [0.29, 0.717) is 6.42 Å². The van der Waals surface area contributed by atoms with Gasteiger partial charge in [0.25, 0.3) is 0 Å². The second-order valence-corrected chi connectivity index (χ2v) is 3.89. The van der Waals surface area contributed by atoms with E-state index in [4.69, 9.17) is 15.6 Å². The molecule has 0 bridgehead atoms. The number of hydrogen-bond donors (Lipinski definition) is 2.